The number of rotatable bonds is 6. The topological polar surface area (TPSA) is 84.3 Å². The Bertz CT molecular complexity index is 672. The molecule has 0 amide bonds. The Labute approximate surface area is 141 Å². The van der Waals surface area contributed by atoms with E-state index in [9.17, 15) is 0 Å². The van der Waals surface area contributed by atoms with E-state index >= 15 is 0 Å². The molecule has 8 nitrogen and oxygen atoms in total. The lowest BCUT2D eigenvalue weighted by Crippen LogP contribution is -2.46. The van der Waals surface area contributed by atoms with Crippen LogP contribution in [0.2, 0.25) is 0 Å². The first-order valence-electron chi connectivity index (χ1n) is 8.84. The third-order valence-electron chi connectivity index (χ3n) is 4.89. The fourth-order valence-electron chi connectivity index (χ4n) is 3.09. The molecular formula is C16H24N6O2. The average Bonchev–Trinajstić information content (AvgIpc) is 3.17. The van der Waals surface area contributed by atoms with E-state index in [1.807, 2.05) is 6.92 Å². The quantitative estimate of drug-likeness (QED) is 0.791. The molecule has 2 aliphatic rings. The molecule has 0 radical (unpaired) electrons. The van der Waals surface area contributed by atoms with E-state index < -0.39 is 0 Å². The molecular weight excluding hydrogens is 308 g/mol. The van der Waals surface area contributed by atoms with E-state index in [-0.39, 0.29) is 6.04 Å². The Morgan fingerprint density at radius 3 is 2.54 bits per heavy atom. The summed E-state index contributed by atoms with van der Waals surface area (Å²) >= 11 is 0. The fraction of sp³-hybridized carbons (Fsp3) is 0.750. The minimum absolute atomic E-state index is 0.170. The van der Waals surface area contributed by atoms with Crippen molar-refractivity contribution in [3.05, 3.63) is 23.4 Å². The second-order valence-corrected chi connectivity index (χ2v) is 6.71. The van der Waals surface area contributed by atoms with E-state index in [1.54, 1.807) is 0 Å². The lowest BCUT2D eigenvalue weighted by Gasteiger charge is -2.36. The SMILES string of the molecule is CCc1nc(CN2CCN(C(C)c3nc(C4CC4)no3)CC2)no1. The first-order valence-corrected chi connectivity index (χ1v) is 8.84. The summed E-state index contributed by atoms with van der Waals surface area (Å²) in [4.78, 5) is 13.7. The smallest absolute Gasteiger partial charge is 0.243 e. The summed E-state index contributed by atoms with van der Waals surface area (Å²) in [7, 11) is 0. The highest BCUT2D eigenvalue weighted by Crippen LogP contribution is 2.38. The van der Waals surface area contributed by atoms with Crippen LogP contribution in [-0.4, -0.2) is 56.3 Å². The third-order valence-corrected chi connectivity index (χ3v) is 4.89. The molecule has 1 aliphatic heterocycles. The molecule has 2 aromatic heterocycles. The summed E-state index contributed by atoms with van der Waals surface area (Å²) in [6.45, 7) is 8.81. The van der Waals surface area contributed by atoms with E-state index in [1.165, 1.54) is 12.8 Å². The van der Waals surface area contributed by atoms with Gasteiger partial charge in [-0.2, -0.15) is 9.97 Å². The highest BCUT2D eigenvalue weighted by atomic mass is 16.5. The normalized spacial score (nSPS) is 21.2. The molecule has 0 spiro atoms. The average molecular weight is 332 g/mol. The van der Waals surface area contributed by atoms with Gasteiger partial charge < -0.3 is 9.05 Å². The van der Waals surface area contributed by atoms with Gasteiger partial charge in [-0.25, -0.2) is 0 Å². The van der Waals surface area contributed by atoms with Crippen LogP contribution in [0.5, 0.6) is 0 Å². The molecule has 1 atom stereocenters. The second-order valence-electron chi connectivity index (χ2n) is 6.71. The van der Waals surface area contributed by atoms with Crippen molar-refractivity contribution in [2.24, 2.45) is 0 Å². The van der Waals surface area contributed by atoms with Gasteiger partial charge in [0, 0.05) is 38.5 Å². The zero-order valence-electron chi connectivity index (χ0n) is 14.3. The third kappa shape index (κ3) is 3.34. The maximum absolute atomic E-state index is 5.47. The van der Waals surface area contributed by atoms with Gasteiger partial charge >= 0.3 is 0 Å². The maximum atomic E-state index is 5.47. The standard InChI is InChI=1S/C16H24N6O2/c1-3-14-17-13(19-23-14)10-21-6-8-22(9-7-21)11(2)16-18-15(20-24-16)12-4-5-12/h11-12H,3-10H2,1-2H3. The zero-order chi connectivity index (χ0) is 16.5. The highest BCUT2D eigenvalue weighted by molar-refractivity contribution is 5.05. The fourth-order valence-corrected chi connectivity index (χ4v) is 3.09. The number of nitrogens with zero attached hydrogens (tertiary/aromatic N) is 6. The molecule has 2 fully saturated rings. The minimum Gasteiger partial charge on any atom is -0.339 e. The van der Waals surface area contributed by atoms with E-state index in [0.717, 1.165) is 56.7 Å². The van der Waals surface area contributed by atoms with E-state index in [2.05, 4.69) is 37.0 Å². The Morgan fingerprint density at radius 1 is 1.08 bits per heavy atom. The van der Waals surface area contributed by atoms with Crippen molar-refractivity contribution in [2.75, 3.05) is 26.2 Å². The Hall–Kier alpha value is -1.80. The van der Waals surface area contributed by atoms with Gasteiger partial charge in [-0.15, -0.1) is 0 Å². The van der Waals surface area contributed by atoms with Crippen LogP contribution in [0.25, 0.3) is 0 Å². The summed E-state index contributed by atoms with van der Waals surface area (Å²) < 4.78 is 10.6. The van der Waals surface area contributed by atoms with Gasteiger partial charge in [0.25, 0.3) is 0 Å². The van der Waals surface area contributed by atoms with Crippen LogP contribution < -0.4 is 0 Å². The summed E-state index contributed by atoms with van der Waals surface area (Å²) in [5.41, 5.74) is 0. The molecule has 2 aromatic rings. The van der Waals surface area contributed by atoms with Gasteiger partial charge in [0.2, 0.25) is 11.8 Å². The lowest BCUT2D eigenvalue weighted by atomic mass is 10.2. The van der Waals surface area contributed by atoms with Crippen LogP contribution in [0, 0.1) is 0 Å². The van der Waals surface area contributed by atoms with Crippen molar-refractivity contribution < 1.29 is 9.05 Å². The first kappa shape index (κ1) is 15.7. The van der Waals surface area contributed by atoms with Gasteiger partial charge in [0.05, 0.1) is 12.6 Å². The Balaban J connectivity index is 1.29. The molecule has 1 unspecified atom stereocenters. The summed E-state index contributed by atoms with van der Waals surface area (Å²) in [6, 6.07) is 0.170. The van der Waals surface area contributed by atoms with Crippen LogP contribution in [0.3, 0.4) is 0 Å². The number of hydrogen-bond acceptors (Lipinski definition) is 8. The van der Waals surface area contributed by atoms with Gasteiger partial charge in [0.1, 0.15) is 0 Å². The van der Waals surface area contributed by atoms with Crippen molar-refractivity contribution in [3.63, 3.8) is 0 Å². The molecule has 0 N–H and O–H groups in total. The molecule has 4 rings (SSSR count). The maximum Gasteiger partial charge on any atom is 0.243 e. The summed E-state index contributed by atoms with van der Waals surface area (Å²) in [5, 5.41) is 8.16. The minimum atomic E-state index is 0.170. The van der Waals surface area contributed by atoms with Crippen molar-refractivity contribution in [1.29, 1.82) is 0 Å². The molecule has 0 bridgehead atoms. The molecule has 1 saturated heterocycles. The summed E-state index contributed by atoms with van der Waals surface area (Å²) in [6.07, 6.45) is 3.18. The number of aromatic nitrogens is 4. The van der Waals surface area contributed by atoms with Crippen LogP contribution >= 0.6 is 0 Å². The Morgan fingerprint density at radius 2 is 1.88 bits per heavy atom. The number of aryl methyl sites for hydroxylation is 1. The molecule has 24 heavy (non-hydrogen) atoms. The predicted octanol–water partition coefficient (Wildman–Crippen LogP) is 1.77. The second kappa shape index (κ2) is 6.60. The van der Waals surface area contributed by atoms with Gasteiger partial charge in [-0.3, -0.25) is 9.80 Å². The monoisotopic (exact) mass is 332 g/mol. The Kier molecular flexibility index (Phi) is 4.32. The number of piperazine rings is 1. The van der Waals surface area contributed by atoms with Crippen molar-refractivity contribution in [2.45, 2.75) is 51.6 Å². The predicted molar refractivity (Wildman–Crippen MR) is 85.2 cm³/mol. The van der Waals surface area contributed by atoms with Crippen LogP contribution in [0.15, 0.2) is 9.05 Å². The van der Waals surface area contributed by atoms with Crippen LogP contribution in [-0.2, 0) is 13.0 Å². The number of hydrogen-bond donors (Lipinski definition) is 0. The van der Waals surface area contributed by atoms with Crippen LogP contribution in [0.4, 0.5) is 0 Å². The summed E-state index contributed by atoms with van der Waals surface area (Å²) in [5.74, 6) is 3.66. The highest BCUT2D eigenvalue weighted by Gasteiger charge is 2.31. The van der Waals surface area contributed by atoms with Gasteiger partial charge in [-0.05, 0) is 19.8 Å². The molecule has 1 aliphatic carbocycles. The van der Waals surface area contributed by atoms with Crippen molar-refractivity contribution >= 4 is 0 Å². The zero-order valence-corrected chi connectivity index (χ0v) is 14.3. The largest absolute Gasteiger partial charge is 0.339 e. The van der Waals surface area contributed by atoms with Crippen LogP contribution in [0.1, 0.15) is 62.1 Å². The van der Waals surface area contributed by atoms with Gasteiger partial charge in [-0.1, -0.05) is 17.2 Å². The lowest BCUT2D eigenvalue weighted by molar-refractivity contribution is 0.0827. The van der Waals surface area contributed by atoms with Crippen molar-refractivity contribution in [1.82, 2.24) is 30.1 Å². The first-order chi connectivity index (χ1) is 11.7. The molecule has 8 heteroatoms. The van der Waals surface area contributed by atoms with Gasteiger partial charge in [0.15, 0.2) is 11.6 Å². The molecule has 0 aromatic carbocycles. The molecule has 3 heterocycles. The molecule has 1 saturated carbocycles. The van der Waals surface area contributed by atoms with E-state index in [4.69, 9.17) is 9.05 Å². The molecule has 130 valence electrons. The van der Waals surface area contributed by atoms with E-state index in [0.29, 0.717) is 11.8 Å². The van der Waals surface area contributed by atoms with Crippen molar-refractivity contribution in [3.8, 4) is 0 Å².